The number of rotatable bonds is 5. The minimum Gasteiger partial charge on any atom is -0.362 e. The van der Waals surface area contributed by atoms with Gasteiger partial charge in [-0.25, -0.2) is 0 Å². The first-order valence-electron chi connectivity index (χ1n) is 8.79. The maximum Gasteiger partial charge on any atom is 0.417 e. The molecule has 0 amide bonds. The highest BCUT2D eigenvalue weighted by molar-refractivity contribution is 7.80. The number of hydrogen-bond acceptors (Lipinski definition) is 2. The summed E-state index contributed by atoms with van der Waals surface area (Å²) in [6.45, 7) is 8.47. The summed E-state index contributed by atoms with van der Waals surface area (Å²) in [5, 5.41) is 5.81. The number of nitrogens with zero attached hydrogens (tertiary/aromatic N) is 1. The number of hydrogen-bond donors (Lipinski definition) is 2. The largest absolute Gasteiger partial charge is 0.417 e. The molecular formula is C18H25ClF3N3S. The first-order chi connectivity index (χ1) is 12.1. The summed E-state index contributed by atoms with van der Waals surface area (Å²) in [7, 11) is 0. The molecule has 1 fully saturated rings. The van der Waals surface area contributed by atoms with Crippen LogP contribution in [0.4, 0.5) is 18.9 Å². The summed E-state index contributed by atoms with van der Waals surface area (Å²) in [6.07, 6.45) is -2.29. The second kappa shape index (κ2) is 9.24. The lowest BCUT2D eigenvalue weighted by molar-refractivity contribution is -0.137. The average molecular weight is 408 g/mol. The van der Waals surface area contributed by atoms with Crippen molar-refractivity contribution in [3.8, 4) is 0 Å². The molecule has 1 heterocycles. The Kier molecular flexibility index (Phi) is 7.55. The van der Waals surface area contributed by atoms with Crippen molar-refractivity contribution in [1.29, 1.82) is 0 Å². The number of likely N-dealkylation sites (tertiary alicyclic amines) is 1. The second-order valence-electron chi connectivity index (χ2n) is 7.13. The first kappa shape index (κ1) is 21.3. The van der Waals surface area contributed by atoms with Crippen LogP contribution in [0.25, 0.3) is 0 Å². The number of piperidine rings is 1. The van der Waals surface area contributed by atoms with Crippen molar-refractivity contribution in [2.75, 3.05) is 31.5 Å². The van der Waals surface area contributed by atoms with Crippen molar-refractivity contribution >= 4 is 34.6 Å². The Morgan fingerprint density at radius 1 is 1.27 bits per heavy atom. The highest BCUT2D eigenvalue weighted by atomic mass is 35.5. The fourth-order valence-electron chi connectivity index (χ4n) is 3.47. The third-order valence-electron chi connectivity index (χ3n) is 4.41. The minimum absolute atomic E-state index is 0.262. The van der Waals surface area contributed by atoms with E-state index >= 15 is 0 Å². The summed E-state index contributed by atoms with van der Waals surface area (Å²) < 4.78 is 38.6. The van der Waals surface area contributed by atoms with Crippen LogP contribution in [0, 0.1) is 11.8 Å². The van der Waals surface area contributed by atoms with Gasteiger partial charge in [-0.1, -0.05) is 25.4 Å². The van der Waals surface area contributed by atoms with E-state index in [2.05, 4.69) is 29.4 Å². The lowest BCUT2D eigenvalue weighted by Crippen LogP contribution is -2.40. The molecule has 26 heavy (non-hydrogen) atoms. The van der Waals surface area contributed by atoms with Crippen molar-refractivity contribution in [2.24, 2.45) is 11.8 Å². The van der Waals surface area contributed by atoms with Gasteiger partial charge in [-0.05, 0) is 61.6 Å². The summed E-state index contributed by atoms with van der Waals surface area (Å²) in [5.74, 6) is 1.45. The average Bonchev–Trinajstić information content (AvgIpc) is 2.51. The summed E-state index contributed by atoms with van der Waals surface area (Å²) in [6, 6.07) is 3.66. The van der Waals surface area contributed by atoms with E-state index in [0.717, 1.165) is 44.0 Å². The van der Waals surface area contributed by atoms with Crippen LogP contribution in [-0.2, 0) is 6.18 Å². The number of nitrogens with one attached hydrogen (secondary N) is 2. The topological polar surface area (TPSA) is 27.3 Å². The zero-order valence-corrected chi connectivity index (χ0v) is 16.6. The third-order valence-corrected chi connectivity index (χ3v) is 4.99. The molecule has 0 saturated carbocycles. The van der Waals surface area contributed by atoms with Crippen LogP contribution in [0.2, 0.25) is 5.02 Å². The smallest absolute Gasteiger partial charge is 0.362 e. The van der Waals surface area contributed by atoms with Crippen molar-refractivity contribution in [3.05, 3.63) is 28.8 Å². The third kappa shape index (κ3) is 6.59. The Morgan fingerprint density at radius 2 is 1.92 bits per heavy atom. The molecule has 2 rings (SSSR count). The molecule has 3 nitrogen and oxygen atoms in total. The molecule has 1 aromatic carbocycles. The standard InChI is InChI=1S/C18H25ClF3N3S/c1-12-8-13(2)11-25(10-12)7-3-6-23-17(26)24-14-4-5-16(19)15(9-14)18(20,21)22/h4-5,9,12-13H,3,6-8,10-11H2,1-2H3,(H2,23,24,26)/t12-,13-/m0/s1. The highest BCUT2D eigenvalue weighted by Crippen LogP contribution is 2.36. The Hall–Kier alpha value is -1.05. The SMILES string of the molecule is C[C@H]1C[C@H](C)CN(CCCNC(=S)Nc2ccc(Cl)c(C(F)(F)F)c2)C1. The fourth-order valence-corrected chi connectivity index (χ4v) is 3.92. The van der Waals surface area contributed by atoms with Gasteiger partial charge in [-0.2, -0.15) is 13.2 Å². The van der Waals surface area contributed by atoms with E-state index < -0.39 is 11.7 Å². The van der Waals surface area contributed by atoms with Crippen LogP contribution in [0.5, 0.6) is 0 Å². The van der Waals surface area contributed by atoms with Gasteiger partial charge in [0.15, 0.2) is 5.11 Å². The van der Waals surface area contributed by atoms with Gasteiger partial charge in [-0.15, -0.1) is 0 Å². The number of alkyl halides is 3. The molecule has 1 aromatic rings. The predicted molar refractivity (Wildman–Crippen MR) is 105 cm³/mol. The molecule has 1 saturated heterocycles. The van der Waals surface area contributed by atoms with E-state index in [1.807, 2.05) is 0 Å². The van der Waals surface area contributed by atoms with Crippen molar-refractivity contribution in [1.82, 2.24) is 10.2 Å². The maximum absolute atomic E-state index is 12.9. The van der Waals surface area contributed by atoms with E-state index in [-0.39, 0.29) is 10.7 Å². The lowest BCUT2D eigenvalue weighted by Gasteiger charge is -2.35. The number of thiocarbonyl (C=S) groups is 1. The van der Waals surface area contributed by atoms with Gasteiger partial charge >= 0.3 is 6.18 Å². The van der Waals surface area contributed by atoms with Crippen LogP contribution >= 0.6 is 23.8 Å². The van der Waals surface area contributed by atoms with E-state index in [1.165, 1.54) is 18.6 Å². The van der Waals surface area contributed by atoms with Crippen molar-refractivity contribution < 1.29 is 13.2 Å². The summed E-state index contributed by atoms with van der Waals surface area (Å²) in [4.78, 5) is 2.46. The van der Waals surface area contributed by atoms with Crippen molar-refractivity contribution in [2.45, 2.75) is 32.9 Å². The molecule has 2 N–H and O–H groups in total. The van der Waals surface area contributed by atoms with Crippen LogP contribution in [0.15, 0.2) is 18.2 Å². The van der Waals surface area contributed by atoms with Crippen LogP contribution < -0.4 is 10.6 Å². The van der Waals surface area contributed by atoms with Gasteiger partial charge in [0.05, 0.1) is 10.6 Å². The number of benzene rings is 1. The highest BCUT2D eigenvalue weighted by Gasteiger charge is 2.33. The van der Waals surface area contributed by atoms with E-state index in [0.29, 0.717) is 11.7 Å². The molecule has 0 unspecified atom stereocenters. The molecule has 146 valence electrons. The summed E-state index contributed by atoms with van der Waals surface area (Å²) >= 11 is 10.8. The predicted octanol–water partition coefficient (Wildman–Crippen LogP) is 5.01. The minimum atomic E-state index is -4.49. The first-order valence-corrected chi connectivity index (χ1v) is 9.57. The molecule has 0 radical (unpaired) electrons. The van der Waals surface area contributed by atoms with Gasteiger partial charge < -0.3 is 15.5 Å². The molecule has 0 bridgehead atoms. The Morgan fingerprint density at radius 3 is 2.54 bits per heavy atom. The quantitative estimate of drug-likeness (QED) is 0.529. The monoisotopic (exact) mass is 407 g/mol. The normalized spacial score (nSPS) is 21.5. The van der Waals surface area contributed by atoms with E-state index in [9.17, 15) is 13.2 Å². The Labute approximate surface area is 163 Å². The van der Waals surface area contributed by atoms with Crippen LogP contribution in [0.3, 0.4) is 0 Å². The lowest BCUT2D eigenvalue weighted by atomic mass is 9.92. The molecule has 1 aliphatic heterocycles. The second-order valence-corrected chi connectivity index (χ2v) is 7.95. The van der Waals surface area contributed by atoms with Gasteiger partial charge in [0.2, 0.25) is 0 Å². The Bertz CT molecular complexity index is 614. The number of halogens is 4. The van der Waals surface area contributed by atoms with Crippen molar-refractivity contribution in [3.63, 3.8) is 0 Å². The molecule has 0 aliphatic carbocycles. The van der Waals surface area contributed by atoms with Gasteiger partial charge in [-0.3, -0.25) is 0 Å². The van der Waals surface area contributed by atoms with E-state index in [1.54, 1.807) is 0 Å². The van der Waals surface area contributed by atoms with Gasteiger partial charge in [0.25, 0.3) is 0 Å². The molecule has 8 heteroatoms. The molecule has 0 aromatic heterocycles. The summed E-state index contributed by atoms with van der Waals surface area (Å²) in [5.41, 5.74) is -0.613. The molecule has 2 atom stereocenters. The molecular weight excluding hydrogens is 383 g/mol. The fraction of sp³-hybridized carbons (Fsp3) is 0.611. The van der Waals surface area contributed by atoms with E-state index in [4.69, 9.17) is 23.8 Å². The molecule has 1 aliphatic rings. The van der Waals surface area contributed by atoms with Gasteiger partial charge in [0.1, 0.15) is 0 Å². The Balaban J connectivity index is 1.75. The maximum atomic E-state index is 12.9. The zero-order chi connectivity index (χ0) is 19.3. The van der Waals surface area contributed by atoms with Crippen LogP contribution in [-0.4, -0.2) is 36.2 Å². The van der Waals surface area contributed by atoms with Crippen LogP contribution in [0.1, 0.15) is 32.3 Å². The van der Waals surface area contributed by atoms with Gasteiger partial charge in [0, 0.05) is 25.3 Å². The zero-order valence-electron chi connectivity index (χ0n) is 15.0. The molecule has 0 spiro atoms. The number of anilines is 1.